The second-order valence-electron chi connectivity index (χ2n) is 2.47. The molecule has 0 spiro atoms. The van der Waals surface area contributed by atoms with Crippen molar-refractivity contribution in [1.82, 2.24) is 10.3 Å². The molecular weight excluding hydrogens is 186 g/mol. The van der Waals surface area contributed by atoms with Gasteiger partial charge >= 0.3 is 0 Å². The molecule has 4 nitrogen and oxygen atoms in total. The van der Waals surface area contributed by atoms with Crippen LogP contribution in [0.1, 0.15) is 15.4 Å². The van der Waals surface area contributed by atoms with Gasteiger partial charge in [-0.3, -0.25) is 4.79 Å². The van der Waals surface area contributed by atoms with Gasteiger partial charge in [-0.05, 0) is 6.92 Å². The van der Waals surface area contributed by atoms with Crippen molar-refractivity contribution in [2.45, 2.75) is 6.92 Å². The van der Waals surface area contributed by atoms with Crippen LogP contribution in [0, 0.1) is 6.92 Å². The molecule has 0 unspecified atom stereocenters. The van der Waals surface area contributed by atoms with E-state index in [9.17, 15) is 4.79 Å². The van der Waals surface area contributed by atoms with Crippen LogP contribution in [0.25, 0.3) is 0 Å². The molecule has 1 aromatic heterocycles. The zero-order valence-corrected chi connectivity index (χ0v) is 8.15. The van der Waals surface area contributed by atoms with Gasteiger partial charge in [0.05, 0.1) is 5.69 Å². The van der Waals surface area contributed by atoms with Gasteiger partial charge in [-0.2, -0.15) is 0 Å². The highest BCUT2D eigenvalue weighted by Crippen LogP contribution is 2.18. The molecule has 0 radical (unpaired) electrons. The first kappa shape index (κ1) is 9.73. The van der Waals surface area contributed by atoms with Gasteiger partial charge < -0.3 is 11.1 Å². The second kappa shape index (κ2) is 4.04. The molecule has 1 rings (SSSR count). The number of nitrogen functional groups attached to an aromatic ring is 1. The van der Waals surface area contributed by atoms with Crippen molar-refractivity contribution in [3.8, 4) is 0 Å². The maximum atomic E-state index is 11.4. The number of amides is 1. The Balaban J connectivity index is 2.76. The van der Waals surface area contributed by atoms with Gasteiger partial charge in [-0.15, -0.1) is 6.58 Å². The smallest absolute Gasteiger partial charge is 0.263 e. The van der Waals surface area contributed by atoms with E-state index in [-0.39, 0.29) is 5.91 Å². The van der Waals surface area contributed by atoms with E-state index in [2.05, 4.69) is 16.9 Å². The minimum Gasteiger partial charge on any atom is -0.375 e. The van der Waals surface area contributed by atoms with Crippen molar-refractivity contribution in [3.05, 3.63) is 23.2 Å². The predicted molar refractivity (Wildman–Crippen MR) is 53.8 cm³/mol. The zero-order valence-electron chi connectivity index (χ0n) is 7.33. The van der Waals surface area contributed by atoms with Crippen LogP contribution in [0.4, 0.5) is 5.13 Å². The SMILES string of the molecule is C=CCNC(=O)c1sc(N)nc1C. The summed E-state index contributed by atoms with van der Waals surface area (Å²) >= 11 is 1.19. The molecule has 1 heterocycles. The summed E-state index contributed by atoms with van der Waals surface area (Å²) in [7, 11) is 0. The number of nitrogens with zero attached hydrogens (tertiary/aromatic N) is 1. The highest BCUT2D eigenvalue weighted by atomic mass is 32.1. The van der Waals surface area contributed by atoms with Crippen LogP contribution < -0.4 is 11.1 Å². The van der Waals surface area contributed by atoms with Crippen molar-refractivity contribution in [1.29, 1.82) is 0 Å². The van der Waals surface area contributed by atoms with E-state index in [1.165, 1.54) is 11.3 Å². The van der Waals surface area contributed by atoms with Gasteiger partial charge in [0.1, 0.15) is 4.88 Å². The number of carbonyl (C=O) groups is 1. The van der Waals surface area contributed by atoms with Gasteiger partial charge in [0, 0.05) is 6.54 Å². The third-order valence-electron chi connectivity index (χ3n) is 1.43. The number of nitrogens with one attached hydrogen (secondary N) is 1. The van der Waals surface area contributed by atoms with Crippen molar-refractivity contribution >= 4 is 22.4 Å². The molecule has 0 atom stereocenters. The average Bonchev–Trinajstić information content (AvgIpc) is 2.41. The van der Waals surface area contributed by atoms with Crippen molar-refractivity contribution < 1.29 is 4.79 Å². The van der Waals surface area contributed by atoms with E-state index in [1.807, 2.05) is 0 Å². The van der Waals surface area contributed by atoms with E-state index < -0.39 is 0 Å². The lowest BCUT2D eigenvalue weighted by Gasteiger charge is -1.98. The monoisotopic (exact) mass is 197 g/mol. The van der Waals surface area contributed by atoms with Crippen LogP contribution in [-0.4, -0.2) is 17.4 Å². The highest BCUT2D eigenvalue weighted by Gasteiger charge is 2.12. The average molecular weight is 197 g/mol. The molecule has 0 aliphatic carbocycles. The third-order valence-corrected chi connectivity index (χ3v) is 2.41. The lowest BCUT2D eigenvalue weighted by Crippen LogP contribution is -2.22. The van der Waals surface area contributed by atoms with E-state index >= 15 is 0 Å². The van der Waals surface area contributed by atoms with Crippen molar-refractivity contribution in [3.63, 3.8) is 0 Å². The fourth-order valence-corrected chi connectivity index (χ4v) is 1.62. The summed E-state index contributed by atoms with van der Waals surface area (Å²) in [4.78, 5) is 15.9. The fourth-order valence-electron chi connectivity index (χ4n) is 0.873. The normalized spacial score (nSPS) is 9.62. The second-order valence-corrected chi connectivity index (χ2v) is 3.50. The molecule has 0 saturated carbocycles. The van der Waals surface area contributed by atoms with Crippen LogP contribution in [0.2, 0.25) is 0 Å². The van der Waals surface area contributed by atoms with Gasteiger partial charge in [-0.25, -0.2) is 4.98 Å². The Morgan fingerprint density at radius 1 is 1.85 bits per heavy atom. The van der Waals surface area contributed by atoms with Crippen LogP contribution in [0.15, 0.2) is 12.7 Å². The molecular formula is C8H11N3OS. The van der Waals surface area contributed by atoms with Crippen LogP contribution >= 0.6 is 11.3 Å². The fraction of sp³-hybridized carbons (Fsp3) is 0.250. The standard InChI is InChI=1S/C8H11N3OS/c1-3-4-10-7(12)6-5(2)11-8(9)13-6/h3H,1,4H2,2H3,(H2,9,11)(H,10,12). The van der Waals surface area contributed by atoms with E-state index in [1.54, 1.807) is 13.0 Å². The summed E-state index contributed by atoms with van der Waals surface area (Å²) in [6, 6.07) is 0. The summed E-state index contributed by atoms with van der Waals surface area (Å²) in [6.07, 6.45) is 1.62. The quantitative estimate of drug-likeness (QED) is 0.709. The molecule has 0 fully saturated rings. The van der Waals surface area contributed by atoms with Gasteiger partial charge in [0.15, 0.2) is 5.13 Å². The molecule has 0 saturated heterocycles. The number of hydrogen-bond acceptors (Lipinski definition) is 4. The summed E-state index contributed by atoms with van der Waals surface area (Å²) in [5.41, 5.74) is 6.12. The molecule has 70 valence electrons. The Morgan fingerprint density at radius 2 is 2.54 bits per heavy atom. The van der Waals surface area contributed by atoms with Crippen LogP contribution in [0.3, 0.4) is 0 Å². The first-order chi connectivity index (χ1) is 6.15. The zero-order chi connectivity index (χ0) is 9.84. The Labute approximate surface area is 80.5 Å². The predicted octanol–water partition coefficient (Wildman–Crippen LogP) is 0.950. The molecule has 3 N–H and O–H groups in total. The lowest BCUT2D eigenvalue weighted by molar-refractivity contribution is 0.0961. The number of hydrogen-bond donors (Lipinski definition) is 2. The summed E-state index contributed by atoms with van der Waals surface area (Å²) in [6.45, 7) is 5.72. The van der Waals surface area contributed by atoms with Gasteiger partial charge in [-0.1, -0.05) is 17.4 Å². The summed E-state index contributed by atoms with van der Waals surface area (Å²) in [5, 5.41) is 3.08. The van der Waals surface area contributed by atoms with Crippen LogP contribution in [-0.2, 0) is 0 Å². The van der Waals surface area contributed by atoms with Gasteiger partial charge in [0.25, 0.3) is 5.91 Å². The minimum atomic E-state index is -0.147. The van der Waals surface area contributed by atoms with E-state index in [4.69, 9.17) is 5.73 Å². The minimum absolute atomic E-state index is 0.147. The van der Waals surface area contributed by atoms with Gasteiger partial charge in [0.2, 0.25) is 0 Å². The molecule has 0 aliphatic heterocycles. The first-order valence-corrected chi connectivity index (χ1v) is 4.58. The van der Waals surface area contributed by atoms with E-state index in [0.29, 0.717) is 22.2 Å². The van der Waals surface area contributed by atoms with Crippen molar-refractivity contribution in [2.75, 3.05) is 12.3 Å². The lowest BCUT2D eigenvalue weighted by atomic mass is 10.4. The van der Waals surface area contributed by atoms with Crippen molar-refractivity contribution in [2.24, 2.45) is 0 Å². The Kier molecular flexibility index (Phi) is 3.02. The number of nitrogens with two attached hydrogens (primary N) is 1. The first-order valence-electron chi connectivity index (χ1n) is 3.77. The highest BCUT2D eigenvalue weighted by molar-refractivity contribution is 7.17. The van der Waals surface area contributed by atoms with Crippen LogP contribution in [0.5, 0.6) is 0 Å². The molecule has 0 bridgehead atoms. The Morgan fingerprint density at radius 3 is 3.00 bits per heavy atom. The number of rotatable bonds is 3. The molecule has 0 aromatic carbocycles. The number of aryl methyl sites for hydroxylation is 1. The maximum absolute atomic E-state index is 11.4. The summed E-state index contributed by atoms with van der Waals surface area (Å²) < 4.78 is 0. The molecule has 13 heavy (non-hydrogen) atoms. The largest absolute Gasteiger partial charge is 0.375 e. The maximum Gasteiger partial charge on any atom is 0.263 e. The van der Waals surface area contributed by atoms with E-state index in [0.717, 1.165) is 0 Å². The molecule has 1 aromatic rings. The summed E-state index contributed by atoms with van der Waals surface area (Å²) in [5.74, 6) is -0.147. The topological polar surface area (TPSA) is 68.0 Å². The third kappa shape index (κ3) is 2.29. The number of thiazole rings is 1. The molecule has 1 amide bonds. The number of aromatic nitrogens is 1. The Bertz CT molecular complexity index is 332. The Hall–Kier alpha value is -1.36. The molecule has 5 heteroatoms. The molecule has 0 aliphatic rings. The number of anilines is 1. The number of carbonyl (C=O) groups excluding carboxylic acids is 1.